The summed E-state index contributed by atoms with van der Waals surface area (Å²) in [6.07, 6.45) is 0.772. The molecule has 4 nitrogen and oxygen atoms in total. The van der Waals surface area contributed by atoms with Crippen molar-refractivity contribution in [2.45, 2.75) is 39.4 Å². The number of amides is 1. The Labute approximate surface area is 113 Å². The Kier molecular flexibility index (Phi) is 4.22. The topological polar surface area (TPSA) is 58.6 Å². The second-order valence-electron chi connectivity index (χ2n) is 5.99. The lowest BCUT2D eigenvalue weighted by Gasteiger charge is -2.16. The van der Waals surface area contributed by atoms with E-state index < -0.39 is 6.10 Å². The number of hydrogen-bond acceptors (Lipinski definition) is 3. The van der Waals surface area contributed by atoms with Crippen LogP contribution in [0.2, 0.25) is 0 Å². The van der Waals surface area contributed by atoms with Crippen LogP contribution in [0.4, 0.5) is 0 Å². The fraction of sp³-hybridized carbons (Fsp3) is 0.533. The average Bonchev–Trinajstić information content (AvgIpc) is 2.64. The molecule has 0 heterocycles. The van der Waals surface area contributed by atoms with E-state index >= 15 is 0 Å². The molecule has 4 heteroatoms. The van der Waals surface area contributed by atoms with Crippen molar-refractivity contribution in [3.63, 3.8) is 0 Å². The summed E-state index contributed by atoms with van der Waals surface area (Å²) in [6.45, 7) is 4.46. The number of rotatable bonds is 4. The van der Waals surface area contributed by atoms with Gasteiger partial charge >= 0.3 is 0 Å². The van der Waals surface area contributed by atoms with Gasteiger partial charge < -0.3 is 5.11 Å². The van der Waals surface area contributed by atoms with Gasteiger partial charge in [0.05, 0.1) is 18.6 Å². The van der Waals surface area contributed by atoms with Crippen molar-refractivity contribution in [1.82, 2.24) is 5.48 Å². The molecular formula is C15H21NO3. The Balaban J connectivity index is 1.79. The van der Waals surface area contributed by atoms with Crippen LogP contribution in [0.25, 0.3) is 0 Å². The van der Waals surface area contributed by atoms with Crippen LogP contribution in [0.1, 0.15) is 32.3 Å². The van der Waals surface area contributed by atoms with Crippen molar-refractivity contribution in [2.75, 3.05) is 0 Å². The molecule has 0 aliphatic heterocycles. The smallest absolute Gasteiger partial charge is 0.249 e. The molecule has 1 saturated carbocycles. The average molecular weight is 263 g/mol. The minimum Gasteiger partial charge on any atom is -0.392 e. The first kappa shape index (κ1) is 14.0. The molecule has 0 saturated heterocycles. The predicted octanol–water partition coefficient (Wildman–Crippen LogP) is 2.03. The number of aliphatic hydroxyl groups excluding tert-OH is 1. The minimum atomic E-state index is -0.574. The number of aliphatic hydroxyl groups is 1. The van der Waals surface area contributed by atoms with Gasteiger partial charge in [0.1, 0.15) is 0 Å². The fourth-order valence-corrected chi connectivity index (χ4v) is 2.63. The summed E-state index contributed by atoms with van der Waals surface area (Å²) in [5.41, 5.74) is 3.45. The van der Waals surface area contributed by atoms with Gasteiger partial charge in [0.25, 0.3) is 0 Å². The third-order valence-corrected chi connectivity index (χ3v) is 3.59. The summed E-state index contributed by atoms with van der Waals surface area (Å²) < 4.78 is 0. The molecule has 104 valence electrons. The van der Waals surface area contributed by atoms with Crippen LogP contribution in [0.15, 0.2) is 30.3 Å². The van der Waals surface area contributed by atoms with Gasteiger partial charge in [0.2, 0.25) is 5.91 Å². The van der Waals surface area contributed by atoms with Crippen molar-refractivity contribution >= 4 is 5.91 Å². The number of nitrogens with one attached hydrogen (secondary N) is 1. The molecule has 0 unspecified atom stereocenters. The highest BCUT2D eigenvalue weighted by Gasteiger charge is 2.42. The van der Waals surface area contributed by atoms with Gasteiger partial charge in [-0.15, -0.1) is 0 Å². The molecule has 0 radical (unpaired) electrons. The monoisotopic (exact) mass is 263 g/mol. The maximum absolute atomic E-state index is 11.9. The summed E-state index contributed by atoms with van der Waals surface area (Å²) in [4.78, 5) is 17.1. The van der Waals surface area contributed by atoms with Crippen molar-refractivity contribution in [2.24, 2.45) is 11.3 Å². The van der Waals surface area contributed by atoms with E-state index in [0.29, 0.717) is 19.4 Å². The molecule has 2 rings (SSSR count). The molecule has 1 fully saturated rings. The number of carbonyl (C=O) groups is 1. The van der Waals surface area contributed by atoms with Crippen LogP contribution < -0.4 is 5.48 Å². The van der Waals surface area contributed by atoms with Gasteiger partial charge in [-0.2, -0.15) is 0 Å². The summed E-state index contributed by atoms with van der Waals surface area (Å²) in [6, 6.07) is 9.63. The van der Waals surface area contributed by atoms with E-state index in [1.54, 1.807) is 0 Å². The van der Waals surface area contributed by atoms with Crippen LogP contribution >= 0.6 is 0 Å². The zero-order valence-corrected chi connectivity index (χ0v) is 11.4. The lowest BCUT2D eigenvalue weighted by molar-refractivity contribution is -0.141. The lowest BCUT2D eigenvalue weighted by Crippen LogP contribution is -2.34. The largest absolute Gasteiger partial charge is 0.392 e. The summed E-state index contributed by atoms with van der Waals surface area (Å²) in [5, 5.41) is 9.89. The van der Waals surface area contributed by atoms with Gasteiger partial charge in [0.15, 0.2) is 0 Å². The molecule has 1 aromatic carbocycles. The number of hydrogen-bond donors (Lipinski definition) is 2. The number of hydroxylamine groups is 1. The van der Waals surface area contributed by atoms with Crippen LogP contribution in [-0.2, 0) is 16.2 Å². The fourth-order valence-electron chi connectivity index (χ4n) is 2.63. The van der Waals surface area contributed by atoms with Gasteiger partial charge in [-0.25, -0.2) is 5.48 Å². The van der Waals surface area contributed by atoms with Gasteiger partial charge in [-0.3, -0.25) is 9.63 Å². The van der Waals surface area contributed by atoms with E-state index in [-0.39, 0.29) is 17.2 Å². The third-order valence-electron chi connectivity index (χ3n) is 3.59. The molecule has 2 atom stereocenters. The molecule has 19 heavy (non-hydrogen) atoms. The second kappa shape index (κ2) is 5.72. The maximum atomic E-state index is 11.9. The van der Waals surface area contributed by atoms with E-state index in [4.69, 9.17) is 4.84 Å². The predicted molar refractivity (Wildman–Crippen MR) is 71.9 cm³/mol. The van der Waals surface area contributed by atoms with Gasteiger partial charge in [-0.1, -0.05) is 44.2 Å². The Morgan fingerprint density at radius 1 is 1.37 bits per heavy atom. The third kappa shape index (κ3) is 3.78. The molecule has 1 amide bonds. The van der Waals surface area contributed by atoms with Crippen LogP contribution in [0.5, 0.6) is 0 Å². The number of benzene rings is 1. The Morgan fingerprint density at radius 2 is 2.05 bits per heavy atom. The van der Waals surface area contributed by atoms with Crippen LogP contribution in [-0.4, -0.2) is 17.1 Å². The molecule has 1 aromatic rings. The summed E-state index contributed by atoms with van der Waals surface area (Å²) in [7, 11) is 0. The minimum absolute atomic E-state index is 0.0147. The Bertz CT molecular complexity index is 430. The summed E-state index contributed by atoms with van der Waals surface area (Å²) in [5.74, 6) is -0.597. The Hall–Kier alpha value is -1.39. The first-order valence-corrected chi connectivity index (χ1v) is 6.61. The molecule has 2 N–H and O–H groups in total. The first-order valence-electron chi connectivity index (χ1n) is 6.61. The quantitative estimate of drug-likeness (QED) is 0.817. The van der Waals surface area contributed by atoms with Gasteiger partial charge in [-0.05, 0) is 23.8 Å². The van der Waals surface area contributed by atoms with Crippen molar-refractivity contribution < 1.29 is 14.7 Å². The second-order valence-corrected chi connectivity index (χ2v) is 5.99. The van der Waals surface area contributed by atoms with Crippen molar-refractivity contribution in [3.05, 3.63) is 35.9 Å². The van der Waals surface area contributed by atoms with Crippen molar-refractivity contribution in [1.29, 1.82) is 0 Å². The molecule has 0 bridgehead atoms. The highest BCUT2D eigenvalue weighted by molar-refractivity contribution is 5.78. The zero-order valence-electron chi connectivity index (χ0n) is 11.4. The molecule has 0 spiro atoms. The summed E-state index contributed by atoms with van der Waals surface area (Å²) >= 11 is 0. The van der Waals surface area contributed by atoms with E-state index in [1.807, 2.05) is 30.3 Å². The Morgan fingerprint density at radius 3 is 2.63 bits per heavy atom. The first-order chi connectivity index (χ1) is 8.98. The van der Waals surface area contributed by atoms with E-state index in [2.05, 4.69) is 19.3 Å². The standard InChI is InChI=1S/C15H21NO3/c1-15(2)8-12(13(17)9-15)14(18)16-19-10-11-6-4-3-5-7-11/h3-7,12-13,17H,8-10H2,1-2H3,(H,16,18)/t12-,13+/m0/s1. The van der Waals surface area contributed by atoms with E-state index in [1.165, 1.54) is 0 Å². The zero-order chi connectivity index (χ0) is 13.9. The van der Waals surface area contributed by atoms with Crippen molar-refractivity contribution in [3.8, 4) is 0 Å². The van der Waals surface area contributed by atoms with Crippen LogP contribution in [0, 0.1) is 11.3 Å². The SMILES string of the molecule is CC1(C)C[C@@H](O)[C@@H](C(=O)NOCc2ccccc2)C1. The molecule has 1 aliphatic carbocycles. The number of carbonyl (C=O) groups excluding carboxylic acids is 1. The normalized spacial score (nSPS) is 25.2. The van der Waals surface area contributed by atoms with Gasteiger partial charge in [0, 0.05) is 0 Å². The highest BCUT2D eigenvalue weighted by atomic mass is 16.6. The van der Waals surface area contributed by atoms with E-state index in [9.17, 15) is 9.90 Å². The van der Waals surface area contributed by atoms with Crippen LogP contribution in [0.3, 0.4) is 0 Å². The maximum Gasteiger partial charge on any atom is 0.249 e. The molecular weight excluding hydrogens is 242 g/mol. The lowest BCUT2D eigenvalue weighted by atomic mass is 9.90. The highest BCUT2D eigenvalue weighted by Crippen LogP contribution is 2.41. The molecule has 0 aromatic heterocycles. The molecule has 1 aliphatic rings. The van der Waals surface area contributed by atoms with E-state index in [0.717, 1.165) is 5.56 Å².